The Bertz CT molecular complexity index is 372. The molecule has 0 amide bonds. The van der Waals surface area contributed by atoms with Gasteiger partial charge in [-0.1, -0.05) is 0 Å². The van der Waals surface area contributed by atoms with Crippen molar-refractivity contribution in [3.8, 4) is 0 Å². The highest BCUT2D eigenvalue weighted by molar-refractivity contribution is 5.81. The van der Waals surface area contributed by atoms with Gasteiger partial charge in [0.05, 0.1) is 11.5 Å². The van der Waals surface area contributed by atoms with Crippen molar-refractivity contribution >= 4 is 5.97 Å². The van der Waals surface area contributed by atoms with Crippen LogP contribution in [0.1, 0.15) is 31.2 Å². The Morgan fingerprint density at radius 3 is 2.38 bits per heavy atom. The molecule has 1 heterocycles. The van der Waals surface area contributed by atoms with Crippen LogP contribution in [-0.2, 0) is 10.2 Å². The fraction of sp³-hybridized carbons (Fsp3) is 0.545. The molecule has 2 N–H and O–H groups in total. The summed E-state index contributed by atoms with van der Waals surface area (Å²) in [5, 5.41) is 18.8. The summed E-state index contributed by atoms with van der Waals surface area (Å²) < 4.78 is 0. The first-order valence-corrected chi connectivity index (χ1v) is 5.32. The summed E-state index contributed by atoms with van der Waals surface area (Å²) in [7, 11) is 0. The van der Waals surface area contributed by atoms with Crippen LogP contribution in [0.5, 0.6) is 0 Å². The van der Waals surface area contributed by atoms with Gasteiger partial charge in [-0.15, -0.1) is 0 Å². The van der Waals surface area contributed by atoms with Crippen LogP contribution in [0.15, 0.2) is 18.7 Å². The predicted molar refractivity (Wildman–Crippen MR) is 55.8 cm³/mol. The number of aliphatic hydroxyl groups excluding tert-OH is 1. The molecule has 1 aromatic heterocycles. The number of hydrogen-bond acceptors (Lipinski definition) is 4. The highest BCUT2D eigenvalue weighted by atomic mass is 16.4. The minimum absolute atomic E-state index is 0.378. The topological polar surface area (TPSA) is 83.3 Å². The smallest absolute Gasteiger partial charge is 0.314 e. The van der Waals surface area contributed by atoms with E-state index in [0.717, 1.165) is 0 Å². The third-order valence-electron chi connectivity index (χ3n) is 3.33. The average Bonchev–Trinajstić information content (AvgIpc) is 2.31. The fourth-order valence-electron chi connectivity index (χ4n) is 2.27. The maximum Gasteiger partial charge on any atom is 0.314 e. The van der Waals surface area contributed by atoms with E-state index in [0.29, 0.717) is 31.2 Å². The van der Waals surface area contributed by atoms with Crippen LogP contribution < -0.4 is 0 Å². The molecule has 0 radical (unpaired) electrons. The Morgan fingerprint density at radius 2 is 1.88 bits per heavy atom. The molecule has 2 rings (SSSR count). The number of hydrogen-bond donors (Lipinski definition) is 2. The van der Waals surface area contributed by atoms with Gasteiger partial charge in [0.1, 0.15) is 6.33 Å². The van der Waals surface area contributed by atoms with Gasteiger partial charge in [-0.2, -0.15) is 0 Å². The summed E-state index contributed by atoms with van der Waals surface area (Å²) in [5.74, 6) is -0.853. The minimum Gasteiger partial charge on any atom is -0.481 e. The van der Waals surface area contributed by atoms with Crippen LogP contribution in [0.4, 0.5) is 0 Å². The Morgan fingerprint density at radius 1 is 1.31 bits per heavy atom. The van der Waals surface area contributed by atoms with Crippen molar-refractivity contribution in [2.75, 3.05) is 0 Å². The van der Waals surface area contributed by atoms with E-state index < -0.39 is 11.4 Å². The second-order valence-corrected chi connectivity index (χ2v) is 4.25. The molecule has 1 aromatic rings. The molecule has 0 aromatic carbocycles. The standard InChI is InChI=1S/C11H14N2O3/c14-9-1-3-11(4-2-9,10(15)16)8-5-12-7-13-6-8/h5-7,9,14H,1-4H2,(H,15,16). The third kappa shape index (κ3) is 1.78. The first-order valence-electron chi connectivity index (χ1n) is 5.32. The van der Waals surface area contributed by atoms with Crippen LogP contribution in [0, 0.1) is 0 Å². The van der Waals surface area contributed by atoms with Gasteiger partial charge in [0.25, 0.3) is 0 Å². The molecule has 0 spiro atoms. The highest BCUT2D eigenvalue weighted by Gasteiger charge is 2.43. The number of nitrogens with zero attached hydrogens (tertiary/aromatic N) is 2. The molecular formula is C11H14N2O3. The van der Waals surface area contributed by atoms with Gasteiger partial charge in [-0.05, 0) is 25.7 Å². The Kier molecular flexibility index (Phi) is 2.87. The highest BCUT2D eigenvalue weighted by Crippen LogP contribution is 2.39. The lowest BCUT2D eigenvalue weighted by Gasteiger charge is -2.34. The zero-order chi connectivity index (χ0) is 11.6. The quantitative estimate of drug-likeness (QED) is 0.770. The molecule has 1 saturated carbocycles. The number of aliphatic carboxylic acids is 1. The van der Waals surface area contributed by atoms with Gasteiger partial charge >= 0.3 is 5.97 Å². The molecule has 1 aliphatic rings. The second kappa shape index (κ2) is 4.17. The van der Waals surface area contributed by atoms with Crippen LogP contribution in [0.2, 0.25) is 0 Å². The van der Waals surface area contributed by atoms with Gasteiger partial charge in [0.2, 0.25) is 0 Å². The molecule has 0 bridgehead atoms. The maximum atomic E-state index is 11.4. The largest absolute Gasteiger partial charge is 0.481 e. The Labute approximate surface area is 93.2 Å². The monoisotopic (exact) mass is 222 g/mol. The maximum absolute atomic E-state index is 11.4. The van der Waals surface area contributed by atoms with Crippen LogP contribution >= 0.6 is 0 Å². The summed E-state index contributed by atoms with van der Waals surface area (Å²) in [6.45, 7) is 0. The summed E-state index contributed by atoms with van der Waals surface area (Å²) in [4.78, 5) is 19.2. The van der Waals surface area contributed by atoms with E-state index in [2.05, 4.69) is 9.97 Å². The molecule has 0 aliphatic heterocycles. The van der Waals surface area contributed by atoms with E-state index in [1.807, 2.05) is 0 Å². The molecule has 16 heavy (non-hydrogen) atoms. The predicted octanol–water partition coefficient (Wildman–Crippen LogP) is 0.734. The Balaban J connectivity index is 2.34. The zero-order valence-corrected chi connectivity index (χ0v) is 8.83. The number of aliphatic hydroxyl groups is 1. The minimum atomic E-state index is -0.916. The summed E-state index contributed by atoms with van der Waals surface area (Å²) in [6, 6.07) is 0. The lowest BCUT2D eigenvalue weighted by molar-refractivity contribution is -0.146. The summed E-state index contributed by atoms with van der Waals surface area (Å²) >= 11 is 0. The number of aromatic nitrogens is 2. The van der Waals surface area contributed by atoms with Gasteiger partial charge in [0, 0.05) is 18.0 Å². The summed E-state index contributed by atoms with van der Waals surface area (Å²) in [6.07, 6.45) is 6.03. The van der Waals surface area contributed by atoms with Crippen LogP contribution in [-0.4, -0.2) is 32.3 Å². The Hall–Kier alpha value is -1.49. The lowest BCUT2D eigenvalue weighted by atomic mass is 9.69. The van der Waals surface area contributed by atoms with E-state index in [-0.39, 0.29) is 6.10 Å². The molecule has 5 heteroatoms. The van der Waals surface area contributed by atoms with Crippen LogP contribution in [0.25, 0.3) is 0 Å². The van der Waals surface area contributed by atoms with Crippen molar-refractivity contribution < 1.29 is 15.0 Å². The fourth-order valence-corrected chi connectivity index (χ4v) is 2.27. The SMILES string of the molecule is O=C(O)C1(c2cncnc2)CCC(O)CC1. The second-order valence-electron chi connectivity index (χ2n) is 4.25. The average molecular weight is 222 g/mol. The summed E-state index contributed by atoms with van der Waals surface area (Å²) in [5.41, 5.74) is -0.282. The molecule has 5 nitrogen and oxygen atoms in total. The molecular weight excluding hydrogens is 208 g/mol. The van der Waals surface area contributed by atoms with Crippen LogP contribution in [0.3, 0.4) is 0 Å². The van der Waals surface area contributed by atoms with Crippen molar-refractivity contribution in [3.63, 3.8) is 0 Å². The first-order chi connectivity index (χ1) is 7.65. The third-order valence-corrected chi connectivity index (χ3v) is 3.33. The number of carboxylic acid groups (broad SMARTS) is 1. The molecule has 0 unspecified atom stereocenters. The number of carbonyl (C=O) groups is 1. The lowest BCUT2D eigenvalue weighted by Crippen LogP contribution is -2.40. The van der Waals surface area contributed by atoms with Gasteiger partial charge in [-0.3, -0.25) is 4.79 Å². The van der Waals surface area contributed by atoms with Crippen molar-refractivity contribution in [1.29, 1.82) is 0 Å². The number of carboxylic acids is 1. The van der Waals surface area contributed by atoms with E-state index >= 15 is 0 Å². The first kappa shape index (κ1) is 11.0. The molecule has 0 atom stereocenters. The van der Waals surface area contributed by atoms with Crippen molar-refractivity contribution in [2.24, 2.45) is 0 Å². The van der Waals surface area contributed by atoms with Crippen molar-refractivity contribution in [1.82, 2.24) is 9.97 Å². The zero-order valence-electron chi connectivity index (χ0n) is 8.83. The van der Waals surface area contributed by atoms with Gasteiger partial charge < -0.3 is 10.2 Å². The van der Waals surface area contributed by atoms with Gasteiger partial charge in [-0.25, -0.2) is 9.97 Å². The van der Waals surface area contributed by atoms with Crippen molar-refractivity contribution in [2.45, 2.75) is 37.2 Å². The molecule has 1 aliphatic carbocycles. The van der Waals surface area contributed by atoms with E-state index in [9.17, 15) is 15.0 Å². The van der Waals surface area contributed by atoms with Crippen molar-refractivity contribution in [3.05, 3.63) is 24.3 Å². The molecule has 1 fully saturated rings. The van der Waals surface area contributed by atoms with Gasteiger partial charge in [0.15, 0.2) is 0 Å². The number of rotatable bonds is 2. The normalized spacial score (nSPS) is 29.9. The van der Waals surface area contributed by atoms with E-state index in [4.69, 9.17) is 0 Å². The van der Waals surface area contributed by atoms with E-state index in [1.54, 1.807) is 12.4 Å². The van der Waals surface area contributed by atoms with E-state index in [1.165, 1.54) is 6.33 Å². The molecule has 86 valence electrons. The molecule has 0 saturated heterocycles.